The van der Waals surface area contributed by atoms with Crippen LogP contribution in [0.4, 0.5) is 0 Å². The van der Waals surface area contributed by atoms with Crippen LogP contribution in [0.2, 0.25) is 0 Å². The Morgan fingerprint density at radius 3 is 2.73 bits per heavy atom. The predicted molar refractivity (Wildman–Crippen MR) is 93.6 cm³/mol. The molecular weight excluding hydrogens is 268 g/mol. The van der Waals surface area contributed by atoms with Crippen LogP contribution in [0.25, 0.3) is 0 Å². The van der Waals surface area contributed by atoms with Gasteiger partial charge in [-0.2, -0.15) is 0 Å². The van der Waals surface area contributed by atoms with Crippen molar-refractivity contribution in [3.05, 3.63) is 35.5 Å². The first-order valence-corrected chi connectivity index (χ1v) is 9.34. The van der Waals surface area contributed by atoms with Crippen molar-refractivity contribution in [3.8, 4) is 0 Å². The van der Waals surface area contributed by atoms with Crippen molar-refractivity contribution in [2.75, 3.05) is 6.61 Å². The van der Waals surface area contributed by atoms with Gasteiger partial charge in [0.05, 0.1) is 0 Å². The summed E-state index contributed by atoms with van der Waals surface area (Å²) in [6, 6.07) is 0. The number of aliphatic hydroxyl groups excluding tert-OH is 1. The number of hydrogen-bond donors (Lipinski definition) is 1. The first-order valence-electron chi connectivity index (χ1n) is 9.34. The lowest BCUT2D eigenvalue weighted by Crippen LogP contribution is -2.33. The number of aliphatic hydroxyl groups is 1. The fraction of sp³-hybridized carbons (Fsp3) is 0.714. The summed E-state index contributed by atoms with van der Waals surface area (Å²) in [5, 5.41) is 9.37. The van der Waals surface area contributed by atoms with Crippen LogP contribution in [0.15, 0.2) is 35.5 Å². The number of allylic oxidation sites excluding steroid dienone is 5. The molecule has 3 atom stereocenters. The third kappa shape index (κ3) is 2.97. The second-order valence-electron chi connectivity index (χ2n) is 7.94. The van der Waals surface area contributed by atoms with Crippen molar-refractivity contribution in [2.45, 2.75) is 71.1 Å². The molecule has 0 aromatic carbocycles. The van der Waals surface area contributed by atoms with E-state index in [2.05, 4.69) is 25.7 Å². The van der Waals surface area contributed by atoms with Gasteiger partial charge in [0, 0.05) is 6.61 Å². The Balaban J connectivity index is 1.78. The van der Waals surface area contributed by atoms with Gasteiger partial charge >= 0.3 is 0 Å². The number of fused-ring (bicyclic) bond motifs is 1. The molecule has 0 bridgehead atoms. The maximum absolute atomic E-state index is 9.37. The quantitative estimate of drug-likeness (QED) is 0.722. The minimum absolute atomic E-state index is 0.357. The van der Waals surface area contributed by atoms with Crippen molar-refractivity contribution in [1.29, 1.82) is 0 Å². The zero-order valence-corrected chi connectivity index (χ0v) is 14.2. The monoisotopic (exact) mass is 300 g/mol. The third-order valence-corrected chi connectivity index (χ3v) is 6.77. The molecule has 0 aromatic rings. The third-order valence-electron chi connectivity index (χ3n) is 6.77. The van der Waals surface area contributed by atoms with Gasteiger partial charge in [-0.25, -0.2) is 0 Å². The summed E-state index contributed by atoms with van der Waals surface area (Å²) >= 11 is 0. The van der Waals surface area contributed by atoms with E-state index >= 15 is 0 Å². The van der Waals surface area contributed by atoms with Crippen molar-refractivity contribution < 1.29 is 5.11 Å². The minimum atomic E-state index is 0.357. The Hall–Kier alpha value is -0.820. The molecule has 0 radical (unpaired) electrons. The van der Waals surface area contributed by atoms with E-state index in [0.29, 0.717) is 12.0 Å². The lowest BCUT2D eigenvalue weighted by atomic mass is 9.63. The zero-order chi connectivity index (χ0) is 15.6. The highest BCUT2D eigenvalue weighted by atomic mass is 16.3. The molecular formula is C21H32O. The van der Waals surface area contributed by atoms with Gasteiger partial charge in [0.1, 0.15) is 0 Å². The van der Waals surface area contributed by atoms with Crippen LogP contribution in [0.5, 0.6) is 0 Å². The Morgan fingerprint density at radius 2 is 1.95 bits per heavy atom. The van der Waals surface area contributed by atoms with E-state index in [-0.39, 0.29) is 0 Å². The molecule has 0 amide bonds. The zero-order valence-electron chi connectivity index (χ0n) is 14.2. The highest BCUT2D eigenvalue weighted by molar-refractivity contribution is 5.35. The van der Waals surface area contributed by atoms with Crippen molar-refractivity contribution in [2.24, 2.45) is 17.3 Å². The SMILES string of the molecule is C=C1CCCC/C1=C/C=C1\CCC[C@@]2(C)C1CC[C@@H]2CCO. The van der Waals surface area contributed by atoms with E-state index in [1.54, 1.807) is 5.57 Å². The summed E-state index contributed by atoms with van der Waals surface area (Å²) in [6.07, 6.45) is 17.5. The molecule has 1 N–H and O–H groups in total. The predicted octanol–water partition coefficient (Wildman–Crippen LogP) is 5.57. The van der Waals surface area contributed by atoms with Gasteiger partial charge in [-0.05, 0) is 87.0 Å². The summed E-state index contributed by atoms with van der Waals surface area (Å²) in [7, 11) is 0. The molecule has 122 valence electrons. The maximum atomic E-state index is 9.37. The largest absolute Gasteiger partial charge is 0.396 e. The molecule has 0 saturated heterocycles. The van der Waals surface area contributed by atoms with E-state index in [0.717, 1.165) is 18.3 Å². The van der Waals surface area contributed by atoms with Crippen LogP contribution >= 0.6 is 0 Å². The summed E-state index contributed by atoms with van der Waals surface area (Å²) in [4.78, 5) is 0. The Morgan fingerprint density at radius 1 is 1.14 bits per heavy atom. The van der Waals surface area contributed by atoms with Gasteiger partial charge < -0.3 is 5.11 Å². The minimum Gasteiger partial charge on any atom is -0.396 e. The topological polar surface area (TPSA) is 20.2 Å². The molecule has 3 rings (SSSR count). The van der Waals surface area contributed by atoms with Gasteiger partial charge in [0.15, 0.2) is 0 Å². The Bertz CT molecular complexity index is 484. The Kier molecular flexibility index (Phi) is 4.92. The molecule has 3 fully saturated rings. The van der Waals surface area contributed by atoms with Crippen molar-refractivity contribution in [1.82, 2.24) is 0 Å². The summed E-state index contributed by atoms with van der Waals surface area (Å²) in [5.41, 5.74) is 4.98. The van der Waals surface area contributed by atoms with Crippen molar-refractivity contribution >= 4 is 0 Å². The molecule has 0 heterocycles. The van der Waals surface area contributed by atoms with E-state index in [1.165, 1.54) is 68.9 Å². The molecule has 22 heavy (non-hydrogen) atoms. The van der Waals surface area contributed by atoms with Gasteiger partial charge in [0.2, 0.25) is 0 Å². The molecule has 3 saturated carbocycles. The van der Waals surface area contributed by atoms with Gasteiger partial charge in [0.25, 0.3) is 0 Å². The fourth-order valence-corrected chi connectivity index (χ4v) is 5.38. The standard InChI is InChI=1S/C21H32O/c1-16-6-3-4-7-17(16)9-10-18-8-5-14-21(2)19(13-15-22)11-12-20(18)21/h9-10,19-20,22H,1,3-8,11-15H2,2H3/b17-9-,18-10+/t19-,20?,21-/m1/s1. The van der Waals surface area contributed by atoms with Crippen LogP contribution in [-0.4, -0.2) is 11.7 Å². The molecule has 3 aliphatic rings. The van der Waals surface area contributed by atoms with E-state index < -0.39 is 0 Å². The van der Waals surface area contributed by atoms with Crippen molar-refractivity contribution in [3.63, 3.8) is 0 Å². The van der Waals surface area contributed by atoms with Gasteiger partial charge in [-0.15, -0.1) is 0 Å². The first kappa shape index (κ1) is 16.1. The summed E-state index contributed by atoms with van der Waals surface area (Å²) in [5.74, 6) is 1.48. The average Bonchev–Trinajstić information content (AvgIpc) is 2.84. The second kappa shape index (κ2) is 6.74. The summed E-state index contributed by atoms with van der Waals surface area (Å²) < 4.78 is 0. The van der Waals surface area contributed by atoms with Crippen LogP contribution < -0.4 is 0 Å². The van der Waals surface area contributed by atoms with Gasteiger partial charge in [-0.1, -0.05) is 36.8 Å². The number of rotatable bonds is 3. The summed E-state index contributed by atoms with van der Waals surface area (Å²) in [6.45, 7) is 7.10. The second-order valence-corrected chi connectivity index (χ2v) is 7.94. The molecule has 0 aromatic heterocycles. The van der Waals surface area contributed by atoms with E-state index in [9.17, 15) is 5.11 Å². The van der Waals surface area contributed by atoms with E-state index in [4.69, 9.17) is 0 Å². The molecule has 1 unspecified atom stereocenters. The lowest BCUT2D eigenvalue weighted by Gasteiger charge is -2.42. The van der Waals surface area contributed by atoms with Crippen LogP contribution in [0, 0.1) is 17.3 Å². The molecule has 1 nitrogen and oxygen atoms in total. The van der Waals surface area contributed by atoms with E-state index in [1.807, 2.05) is 0 Å². The van der Waals surface area contributed by atoms with Gasteiger partial charge in [-0.3, -0.25) is 0 Å². The highest BCUT2D eigenvalue weighted by Gasteiger charge is 2.48. The Labute approximate surface area is 136 Å². The van der Waals surface area contributed by atoms with Crippen LogP contribution in [0.1, 0.15) is 71.1 Å². The van der Waals surface area contributed by atoms with Crippen LogP contribution in [0.3, 0.4) is 0 Å². The first-order chi connectivity index (χ1) is 10.6. The normalized spacial score (nSPS) is 39.5. The average molecular weight is 300 g/mol. The molecule has 3 aliphatic carbocycles. The highest BCUT2D eigenvalue weighted by Crippen LogP contribution is 2.58. The number of hydrogen-bond acceptors (Lipinski definition) is 1. The molecule has 0 aliphatic heterocycles. The van der Waals surface area contributed by atoms with Crippen LogP contribution in [-0.2, 0) is 0 Å². The maximum Gasteiger partial charge on any atom is 0.0433 e. The fourth-order valence-electron chi connectivity index (χ4n) is 5.38. The smallest absolute Gasteiger partial charge is 0.0433 e. The molecule has 0 spiro atoms. The molecule has 1 heteroatoms. The lowest BCUT2D eigenvalue weighted by molar-refractivity contribution is 0.111.